The summed E-state index contributed by atoms with van der Waals surface area (Å²) in [6.07, 6.45) is 29.9. The van der Waals surface area contributed by atoms with Crippen LogP contribution in [0.25, 0.3) is 0 Å². The highest BCUT2D eigenvalue weighted by Crippen LogP contribution is 2.60. The fourth-order valence-electron chi connectivity index (χ4n) is 10.8. The highest BCUT2D eigenvalue weighted by molar-refractivity contribution is 6.80. The Morgan fingerprint density at radius 2 is 1.67 bits per heavy atom. The van der Waals surface area contributed by atoms with E-state index in [2.05, 4.69) is 127 Å². The van der Waals surface area contributed by atoms with E-state index in [0.29, 0.717) is 54.4 Å². The van der Waals surface area contributed by atoms with Crippen LogP contribution < -0.4 is 15.3 Å². The van der Waals surface area contributed by atoms with Gasteiger partial charge in [0.25, 0.3) is 0 Å². The maximum absolute atomic E-state index is 2.98. The van der Waals surface area contributed by atoms with Gasteiger partial charge in [-0.2, -0.15) is 0 Å². The van der Waals surface area contributed by atoms with Crippen LogP contribution in [-0.2, 0) is 5.41 Å². The van der Waals surface area contributed by atoms with E-state index >= 15 is 0 Å². The van der Waals surface area contributed by atoms with Gasteiger partial charge >= 0.3 is 0 Å². The zero-order chi connectivity index (χ0) is 27.7. The van der Waals surface area contributed by atoms with E-state index in [0.717, 1.165) is 0 Å². The van der Waals surface area contributed by atoms with Crippen LogP contribution in [0.5, 0.6) is 0 Å². The fourth-order valence-corrected chi connectivity index (χ4v) is 10.8. The first-order valence-electron chi connectivity index (χ1n) is 16.5. The van der Waals surface area contributed by atoms with Gasteiger partial charge in [-0.1, -0.05) is 105 Å². The van der Waals surface area contributed by atoms with Crippen LogP contribution in [0.3, 0.4) is 0 Å². The Hall–Kier alpha value is -3.46. The van der Waals surface area contributed by atoms with E-state index in [9.17, 15) is 0 Å². The van der Waals surface area contributed by atoms with Gasteiger partial charge in [0.05, 0.1) is 18.1 Å². The van der Waals surface area contributed by atoms with E-state index in [1.807, 2.05) is 0 Å². The molecule has 208 valence electrons. The monoisotopic (exact) mass is 546 g/mol. The van der Waals surface area contributed by atoms with Crippen molar-refractivity contribution >= 4 is 23.6 Å². The van der Waals surface area contributed by atoms with Crippen molar-refractivity contribution in [1.82, 2.24) is 0 Å². The summed E-state index contributed by atoms with van der Waals surface area (Å²) >= 11 is 0. The van der Waals surface area contributed by atoms with Crippen LogP contribution in [0.4, 0.5) is 11.4 Å². The number of benzene rings is 2. The summed E-state index contributed by atoms with van der Waals surface area (Å²) in [5.41, 5.74) is 10.9. The van der Waals surface area contributed by atoms with Gasteiger partial charge in [0, 0.05) is 34.7 Å². The predicted molar refractivity (Wildman–Crippen MR) is 176 cm³/mol. The number of allylic oxidation sites excluding steroid dienone is 6. The van der Waals surface area contributed by atoms with Gasteiger partial charge in [-0.25, -0.2) is 0 Å². The molecule has 0 amide bonds. The Bertz CT molecular complexity index is 1690. The van der Waals surface area contributed by atoms with E-state index < -0.39 is 0 Å². The molecule has 2 nitrogen and oxygen atoms in total. The van der Waals surface area contributed by atoms with Gasteiger partial charge in [0.1, 0.15) is 0 Å². The largest absolute Gasteiger partial charge is 0.362 e. The van der Waals surface area contributed by atoms with Gasteiger partial charge in [0.15, 0.2) is 6.71 Å². The maximum Gasteiger partial charge on any atom is 0.196 e. The first kappa shape index (κ1) is 24.0. The summed E-state index contributed by atoms with van der Waals surface area (Å²) in [7, 11) is 0. The van der Waals surface area contributed by atoms with Crippen molar-refractivity contribution in [2.75, 3.05) is 9.80 Å². The molecular formula is C39H39BN2. The number of hydrogen-bond donors (Lipinski definition) is 0. The van der Waals surface area contributed by atoms with Crippen LogP contribution >= 0.6 is 0 Å². The Labute approximate surface area is 251 Å². The molecule has 4 aliphatic heterocycles. The Balaban J connectivity index is 1.27. The molecular weight excluding hydrogens is 507 g/mol. The predicted octanol–water partition coefficient (Wildman–Crippen LogP) is 7.52. The molecule has 0 saturated carbocycles. The molecule has 0 spiro atoms. The topological polar surface area (TPSA) is 6.48 Å². The minimum absolute atomic E-state index is 0.0839. The number of rotatable bonds is 2. The molecule has 10 rings (SSSR count). The Morgan fingerprint density at radius 1 is 0.833 bits per heavy atom. The van der Waals surface area contributed by atoms with Crippen molar-refractivity contribution in [1.29, 1.82) is 0 Å². The van der Waals surface area contributed by atoms with Crippen molar-refractivity contribution in [3.05, 3.63) is 125 Å². The first-order valence-corrected chi connectivity index (χ1v) is 16.5. The molecule has 42 heavy (non-hydrogen) atoms. The molecule has 0 bridgehead atoms. The number of hydrogen-bond acceptors (Lipinski definition) is 2. The average Bonchev–Trinajstić information content (AvgIpc) is 3.56. The molecule has 4 heterocycles. The van der Waals surface area contributed by atoms with Crippen molar-refractivity contribution in [3.8, 4) is 0 Å². The third-order valence-electron chi connectivity index (χ3n) is 12.6. The van der Waals surface area contributed by atoms with Crippen LogP contribution in [0, 0.1) is 11.8 Å². The third kappa shape index (κ3) is 2.88. The summed E-state index contributed by atoms with van der Waals surface area (Å²) in [6, 6.07) is 18.5. The quantitative estimate of drug-likeness (QED) is 0.284. The van der Waals surface area contributed by atoms with Crippen molar-refractivity contribution in [3.63, 3.8) is 0 Å². The molecule has 4 aliphatic carbocycles. The van der Waals surface area contributed by atoms with Gasteiger partial charge in [0.2, 0.25) is 0 Å². The molecule has 8 aliphatic rings. The molecule has 0 aromatic heterocycles. The molecule has 2 fully saturated rings. The number of anilines is 2. The summed E-state index contributed by atoms with van der Waals surface area (Å²) in [5.74, 6) is 2.25. The van der Waals surface area contributed by atoms with Gasteiger partial charge in [-0.3, -0.25) is 0 Å². The lowest BCUT2D eigenvalue weighted by atomic mass is 9.24. The molecule has 3 heteroatoms. The van der Waals surface area contributed by atoms with Gasteiger partial charge in [-0.05, 0) is 77.2 Å². The minimum Gasteiger partial charge on any atom is -0.362 e. The molecule has 8 unspecified atom stereocenters. The first-order chi connectivity index (χ1) is 20.6. The van der Waals surface area contributed by atoms with Crippen LogP contribution in [0.2, 0.25) is 11.6 Å². The van der Waals surface area contributed by atoms with Crippen LogP contribution in [-0.4, -0.2) is 30.9 Å². The summed E-state index contributed by atoms with van der Waals surface area (Å²) in [5, 5.41) is 0. The summed E-state index contributed by atoms with van der Waals surface area (Å²) < 4.78 is 0. The highest BCUT2D eigenvalue weighted by atomic mass is 15.3. The summed E-state index contributed by atoms with van der Waals surface area (Å²) in [4.78, 5) is 5.87. The second-order valence-electron chi connectivity index (χ2n) is 14.6. The SMILES string of the molecule is CC(C)(c1ccccc1)c1cc2c3c(c1)N1C4CCCC=C4C4C=CCC(B3C3C=CC=C5C6C=CC=CC6N2C53)C41. The maximum atomic E-state index is 2.98. The Morgan fingerprint density at radius 3 is 2.55 bits per heavy atom. The lowest BCUT2D eigenvalue weighted by Crippen LogP contribution is -2.64. The van der Waals surface area contributed by atoms with Crippen LogP contribution in [0.1, 0.15) is 50.7 Å². The highest BCUT2D eigenvalue weighted by Gasteiger charge is 2.62. The fraction of sp³-hybridized carbons (Fsp3) is 0.385. The third-order valence-corrected chi connectivity index (χ3v) is 12.6. The standard InChI is InChI=1S/C39H39BN2/c1-39(2,24-12-4-3-5-13-24)25-22-34-36-35(23-25)42-33-21-9-7-15-27(33)29-17-11-19-31(38(29)42)40(36)30-18-10-16-28-26-14-6-8-20-32(26)41(34)37(28)30/h3-6,8,10-18,20,22-23,26,29-33,37-38H,7,9,19,21H2,1-2H3. The smallest absolute Gasteiger partial charge is 0.196 e. The number of nitrogens with zero attached hydrogens (tertiary/aromatic N) is 2. The van der Waals surface area contributed by atoms with E-state index in [1.54, 1.807) is 22.3 Å². The van der Waals surface area contributed by atoms with Gasteiger partial charge in [-0.15, -0.1) is 0 Å². The van der Waals surface area contributed by atoms with Gasteiger partial charge < -0.3 is 9.80 Å². The van der Waals surface area contributed by atoms with Crippen LogP contribution in [0.15, 0.2) is 114 Å². The zero-order valence-corrected chi connectivity index (χ0v) is 24.7. The lowest BCUT2D eigenvalue weighted by Gasteiger charge is -2.55. The molecule has 0 radical (unpaired) electrons. The summed E-state index contributed by atoms with van der Waals surface area (Å²) in [6.45, 7) is 5.45. The van der Waals surface area contributed by atoms with Crippen molar-refractivity contribution in [2.24, 2.45) is 11.8 Å². The van der Waals surface area contributed by atoms with Crippen molar-refractivity contribution in [2.45, 2.75) is 80.7 Å². The van der Waals surface area contributed by atoms with E-state index in [1.165, 1.54) is 42.5 Å². The molecule has 0 N–H and O–H groups in total. The number of fused-ring (bicyclic) bond motifs is 10. The normalized spacial score (nSPS) is 35.7. The molecule has 2 aromatic carbocycles. The van der Waals surface area contributed by atoms with E-state index in [4.69, 9.17) is 0 Å². The Kier molecular flexibility index (Phi) is 4.77. The minimum atomic E-state index is -0.0839. The molecule has 8 atom stereocenters. The van der Waals surface area contributed by atoms with Crippen molar-refractivity contribution < 1.29 is 0 Å². The second kappa shape index (κ2) is 8.34. The lowest BCUT2D eigenvalue weighted by molar-refractivity contribution is 0.498. The second-order valence-corrected chi connectivity index (χ2v) is 14.6. The molecule has 2 saturated heterocycles. The van der Waals surface area contributed by atoms with E-state index in [-0.39, 0.29) is 5.41 Å². The average molecular weight is 547 g/mol. The zero-order valence-electron chi connectivity index (χ0n) is 24.7. The molecule has 2 aromatic rings.